The zero-order valence-corrected chi connectivity index (χ0v) is 8.07. The minimum Gasteiger partial charge on any atom is -0.398 e. The van der Waals surface area contributed by atoms with Crippen LogP contribution in [0.25, 0.3) is 11.1 Å². The van der Waals surface area contributed by atoms with Crippen molar-refractivity contribution in [2.45, 2.75) is 6.92 Å². The van der Waals surface area contributed by atoms with Crippen molar-refractivity contribution in [2.24, 2.45) is 0 Å². The standard InChI is InChI=1S/C12H12N2/c1-9-2-3-12(13)11(8-9)10-4-6-14-7-5-10/h2-8H,13H2,1H3. The van der Waals surface area contributed by atoms with E-state index in [0.717, 1.165) is 16.8 Å². The maximum Gasteiger partial charge on any atom is 0.0393 e. The van der Waals surface area contributed by atoms with E-state index in [1.807, 2.05) is 24.3 Å². The van der Waals surface area contributed by atoms with Crippen LogP contribution in [0.1, 0.15) is 5.56 Å². The van der Waals surface area contributed by atoms with Crippen LogP contribution in [-0.4, -0.2) is 4.98 Å². The number of hydrogen-bond acceptors (Lipinski definition) is 2. The molecule has 0 fully saturated rings. The van der Waals surface area contributed by atoms with Gasteiger partial charge in [0.1, 0.15) is 0 Å². The van der Waals surface area contributed by atoms with Gasteiger partial charge in [-0.25, -0.2) is 0 Å². The monoisotopic (exact) mass is 184 g/mol. The van der Waals surface area contributed by atoms with Crippen molar-refractivity contribution in [2.75, 3.05) is 5.73 Å². The molecule has 70 valence electrons. The van der Waals surface area contributed by atoms with Gasteiger partial charge in [0.05, 0.1) is 0 Å². The SMILES string of the molecule is Cc1ccc(N)c(-c2ccncc2)c1. The molecule has 0 radical (unpaired) electrons. The van der Waals surface area contributed by atoms with Gasteiger partial charge in [-0.15, -0.1) is 0 Å². The summed E-state index contributed by atoms with van der Waals surface area (Å²) in [7, 11) is 0. The Morgan fingerprint density at radius 3 is 2.50 bits per heavy atom. The zero-order valence-electron chi connectivity index (χ0n) is 8.07. The minimum absolute atomic E-state index is 0.807. The van der Waals surface area contributed by atoms with Crippen LogP contribution in [0, 0.1) is 6.92 Å². The second-order valence-corrected chi connectivity index (χ2v) is 3.33. The van der Waals surface area contributed by atoms with Crippen molar-refractivity contribution in [1.82, 2.24) is 4.98 Å². The Morgan fingerprint density at radius 2 is 1.79 bits per heavy atom. The number of nitrogens with zero attached hydrogens (tertiary/aromatic N) is 1. The highest BCUT2D eigenvalue weighted by Gasteiger charge is 2.01. The first-order valence-corrected chi connectivity index (χ1v) is 4.54. The number of pyridine rings is 1. The number of hydrogen-bond donors (Lipinski definition) is 1. The lowest BCUT2D eigenvalue weighted by Gasteiger charge is -2.06. The fourth-order valence-corrected chi connectivity index (χ4v) is 1.45. The molecule has 2 aromatic rings. The molecule has 0 amide bonds. The first-order chi connectivity index (χ1) is 6.77. The molecule has 14 heavy (non-hydrogen) atoms. The average molecular weight is 184 g/mol. The van der Waals surface area contributed by atoms with Gasteiger partial charge in [0, 0.05) is 23.6 Å². The first-order valence-electron chi connectivity index (χ1n) is 4.54. The van der Waals surface area contributed by atoms with E-state index >= 15 is 0 Å². The zero-order chi connectivity index (χ0) is 9.97. The van der Waals surface area contributed by atoms with Crippen LogP contribution in [0.4, 0.5) is 5.69 Å². The molecule has 0 saturated carbocycles. The smallest absolute Gasteiger partial charge is 0.0393 e. The minimum atomic E-state index is 0.807. The third kappa shape index (κ3) is 1.59. The number of aryl methyl sites for hydroxylation is 1. The highest BCUT2D eigenvalue weighted by Crippen LogP contribution is 2.25. The van der Waals surface area contributed by atoms with Gasteiger partial charge < -0.3 is 5.73 Å². The van der Waals surface area contributed by atoms with E-state index in [4.69, 9.17) is 5.73 Å². The third-order valence-corrected chi connectivity index (χ3v) is 2.20. The average Bonchev–Trinajstić information content (AvgIpc) is 2.23. The topological polar surface area (TPSA) is 38.9 Å². The highest BCUT2D eigenvalue weighted by atomic mass is 14.6. The van der Waals surface area contributed by atoms with Crippen LogP contribution in [0.3, 0.4) is 0 Å². The van der Waals surface area contributed by atoms with Gasteiger partial charge in [-0.2, -0.15) is 0 Å². The molecule has 0 aliphatic rings. The lowest BCUT2D eigenvalue weighted by atomic mass is 10.0. The molecule has 2 nitrogen and oxygen atoms in total. The van der Waals surface area contributed by atoms with Crippen LogP contribution < -0.4 is 5.73 Å². The van der Waals surface area contributed by atoms with E-state index in [9.17, 15) is 0 Å². The molecule has 2 rings (SSSR count). The molecule has 0 saturated heterocycles. The molecule has 1 aromatic carbocycles. The second kappa shape index (κ2) is 3.50. The Morgan fingerprint density at radius 1 is 1.07 bits per heavy atom. The van der Waals surface area contributed by atoms with Crippen molar-refractivity contribution >= 4 is 5.69 Å². The van der Waals surface area contributed by atoms with Crippen molar-refractivity contribution in [1.29, 1.82) is 0 Å². The van der Waals surface area contributed by atoms with Gasteiger partial charge in [0.15, 0.2) is 0 Å². The number of aromatic nitrogens is 1. The first kappa shape index (κ1) is 8.75. The normalized spacial score (nSPS) is 10.1. The van der Waals surface area contributed by atoms with E-state index in [2.05, 4.69) is 18.0 Å². The molecule has 0 atom stereocenters. The van der Waals surface area contributed by atoms with E-state index < -0.39 is 0 Å². The van der Waals surface area contributed by atoms with Gasteiger partial charge in [0.25, 0.3) is 0 Å². The van der Waals surface area contributed by atoms with Crippen LogP contribution in [0.5, 0.6) is 0 Å². The number of rotatable bonds is 1. The van der Waals surface area contributed by atoms with Gasteiger partial charge in [-0.05, 0) is 36.8 Å². The quantitative estimate of drug-likeness (QED) is 0.692. The summed E-state index contributed by atoms with van der Waals surface area (Å²) in [6, 6.07) is 9.96. The van der Waals surface area contributed by atoms with E-state index in [1.54, 1.807) is 12.4 Å². The van der Waals surface area contributed by atoms with Crippen LogP contribution in [-0.2, 0) is 0 Å². The van der Waals surface area contributed by atoms with E-state index in [1.165, 1.54) is 5.56 Å². The maximum absolute atomic E-state index is 5.90. The summed E-state index contributed by atoms with van der Waals surface area (Å²) in [6.07, 6.45) is 3.55. The molecule has 2 heteroatoms. The predicted octanol–water partition coefficient (Wildman–Crippen LogP) is 2.64. The Kier molecular flexibility index (Phi) is 2.19. The molecular formula is C12H12N2. The summed E-state index contributed by atoms with van der Waals surface area (Å²) in [5.41, 5.74) is 10.1. The van der Waals surface area contributed by atoms with Gasteiger partial charge in [-0.3, -0.25) is 4.98 Å². The lowest BCUT2D eigenvalue weighted by molar-refractivity contribution is 1.33. The Balaban J connectivity index is 2.57. The molecule has 0 spiro atoms. The molecule has 0 aliphatic carbocycles. The van der Waals surface area contributed by atoms with Crippen molar-refractivity contribution in [3.8, 4) is 11.1 Å². The number of nitrogens with two attached hydrogens (primary N) is 1. The van der Waals surface area contributed by atoms with E-state index in [-0.39, 0.29) is 0 Å². The van der Waals surface area contributed by atoms with Crippen molar-refractivity contribution < 1.29 is 0 Å². The number of benzene rings is 1. The largest absolute Gasteiger partial charge is 0.398 e. The third-order valence-electron chi connectivity index (χ3n) is 2.20. The molecule has 0 unspecified atom stereocenters. The fourth-order valence-electron chi connectivity index (χ4n) is 1.45. The van der Waals surface area contributed by atoms with Crippen LogP contribution >= 0.6 is 0 Å². The van der Waals surface area contributed by atoms with Crippen LogP contribution in [0.2, 0.25) is 0 Å². The second-order valence-electron chi connectivity index (χ2n) is 3.33. The molecule has 1 heterocycles. The number of anilines is 1. The summed E-state index contributed by atoms with van der Waals surface area (Å²) in [6.45, 7) is 2.06. The highest BCUT2D eigenvalue weighted by molar-refractivity contribution is 5.76. The van der Waals surface area contributed by atoms with Crippen molar-refractivity contribution in [3.05, 3.63) is 48.3 Å². The summed E-state index contributed by atoms with van der Waals surface area (Å²) < 4.78 is 0. The summed E-state index contributed by atoms with van der Waals surface area (Å²) in [4.78, 5) is 3.98. The predicted molar refractivity (Wildman–Crippen MR) is 58.8 cm³/mol. The Hall–Kier alpha value is -1.83. The van der Waals surface area contributed by atoms with Gasteiger partial charge in [-0.1, -0.05) is 11.6 Å². The molecule has 1 aromatic heterocycles. The number of nitrogen functional groups attached to an aromatic ring is 1. The maximum atomic E-state index is 5.90. The van der Waals surface area contributed by atoms with E-state index in [0.29, 0.717) is 0 Å². The van der Waals surface area contributed by atoms with Crippen molar-refractivity contribution in [3.63, 3.8) is 0 Å². The lowest BCUT2D eigenvalue weighted by Crippen LogP contribution is -1.90. The van der Waals surface area contributed by atoms with Gasteiger partial charge in [0.2, 0.25) is 0 Å². The summed E-state index contributed by atoms with van der Waals surface area (Å²) >= 11 is 0. The molecule has 2 N–H and O–H groups in total. The van der Waals surface area contributed by atoms with Crippen LogP contribution in [0.15, 0.2) is 42.7 Å². The molecule has 0 aliphatic heterocycles. The molecule has 0 bridgehead atoms. The molecular weight excluding hydrogens is 172 g/mol. The summed E-state index contributed by atoms with van der Waals surface area (Å²) in [5, 5.41) is 0. The summed E-state index contributed by atoms with van der Waals surface area (Å²) in [5.74, 6) is 0. The Bertz CT molecular complexity index is 435. The van der Waals surface area contributed by atoms with Gasteiger partial charge >= 0.3 is 0 Å². The fraction of sp³-hybridized carbons (Fsp3) is 0.0833. The Labute approximate surface area is 83.4 Å².